The highest BCUT2D eigenvalue weighted by Crippen LogP contribution is 2.28. The molecule has 30 heavy (non-hydrogen) atoms. The maximum atomic E-state index is 12.2. The van der Waals surface area contributed by atoms with Crippen molar-refractivity contribution in [3.63, 3.8) is 0 Å². The zero-order valence-corrected chi connectivity index (χ0v) is 17.6. The topological polar surface area (TPSA) is 104 Å². The number of hydrogen-bond donors (Lipinski definition) is 1. The molecule has 0 spiro atoms. The van der Waals surface area contributed by atoms with Crippen molar-refractivity contribution >= 4 is 22.9 Å². The number of rotatable bonds is 7. The van der Waals surface area contributed by atoms with Gasteiger partial charge in [-0.05, 0) is 32.0 Å². The lowest BCUT2D eigenvalue weighted by Gasteiger charge is -2.08. The van der Waals surface area contributed by atoms with E-state index in [2.05, 4.69) is 25.6 Å². The maximum absolute atomic E-state index is 12.2. The number of para-hydroxylation sites is 1. The summed E-state index contributed by atoms with van der Waals surface area (Å²) >= 11 is 1.38. The number of aryl methyl sites for hydroxylation is 2. The van der Waals surface area contributed by atoms with E-state index in [1.54, 1.807) is 23.8 Å². The molecule has 0 fully saturated rings. The summed E-state index contributed by atoms with van der Waals surface area (Å²) in [6, 6.07) is 11.0. The molecule has 0 saturated carbocycles. The summed E-state index contributed by atoms with van der Waals surface area (Å²) in [5, 5.41) is 16.6. The van der Waals surface area contributed by atoms with Crippen LogP contribution in [0.2, 0.25) is 0 Å². The van der Waals surface area contributed by atoms with Gasteiger partial charge in [-0.1, -0.05) is 12.1 Å². The van der Waals surface area contributed by atoms with Gasteiger partial charge in [-0.3, -0.25) is 4.79 Å². The number of carbonyl (C=O) groups is 1. The Morgan fingerprint density at radius 1 is 1.17 bits per heavy atom. The van der Waals surface area contributed by atoms with E-state index in [0.717, 1.165) is 16.3 Å². The Labute approximate surface area is 176 Å². The van der Waals surface area contributed by atoms with E-state index >= 15 is 0 Å². The number of hydrogen-bond acceptors (Lipinski definition) is 8. The Bertz CT molecular complexity index is 1200. The van der Waals surface area contributed by atoms with Gasteiger partial charge in [0.05, 0.1) is 29.9 Å². The molecule has 0 bridgehead atoms. The number of benzene rings is 1. The highest BCUT2D eigenvalue weighted by Gasteiger charge is 2.15. The molecule has 4 aromatic rings. The molecule has 0 atom stereocenters. The van der Waals surface area contributed by atoms with Crippen LogP contribution in [-0.4, -0.2) is 51.0 Å². The van der Waals surface area contributed by atoms with Crippen LogP contribution in [0.1, 0.15) is 20.4 Å². The summed E-state index contributed by atoms with van der Waals surface area (Å²) in [5.74, 6) is 1.48. The highest BCUT2D eigenvalue weighted by molar-refractivity contribution is 7.13. The molecule has 154 valence electrons. The minimum Gasteiger partial charge on any atom is -0.496 e. The SMILES string of the molecule is COc1ccccc1-c1nnc2ccc(OCCNC(=O)c3sc(C)nc3C)nn12. The number of carbonyl (C=O) groups excluding carboxylic acids is 1. The number of amides is 1. The van der Waals surface area contributed by atoms with Crippen LogP contribution >= 0.6 is 11.3 Å². The molecule has 1 N–H and O–H groups in total. The molecule has 4 rings (SSSR count). The molecule has 10 heteroatoms. The standard InChI is InChI=1S/C20H20N6O3S/c1-12-18(30-13(2)22-12)20(27)21-10-11-29-17-9-8-16-23-24-19(26(16)25-17)14-6-4-5-7-15(14)28-3/h4-9H,10-11H2,1-3H3,(H,21,27). The Morgan fingerprint density at radius 3 is 2.77 bits per heavy atom. The predicted molar refractivity (Wildman–Crippen MR) is 112 cm³/mol. The van der Waals surface area contributed by atoms with E-state index in [1.807, 2.05) is 38.1 Å². The van der Waals surface area contributed by atoms with Crippen molar-refractivity contribution in [2.75, 3.05) is 20.3 Å². The molecule has 0 unspecified atom stereocenters. The van der Waals surface area contributed by atoms with E-state index in [9.17, 15) is 4.79 Å². The number of aromatic nitrogens is 5. The minimum atomic E-state index is -0.151. The van der Waals surface area contributed by atoms with Crippen molar-refractivity contribution in [3.8, 4) is 23.0 Å². The predicted octanol–water partition coefficient (Wildman–Crippen LogP) is 2.68. The first kappa shape index (κ1) is 19.8. The molecule has 1 aromatic carbocycles. The summed E-state index contributed by atoms with van der Waals surface area (Å²) in [7, 11) is 1.60. The second-order valence-electron chi connectivity index (χ2n) is 6.42. The van der Waals surface area contributed by atoms with Gasteiger partial charge in [0.1, 0.15) is 17.2 Å². The molecule has 3 aromatic heterocycles. The highest BCUT2D eigenvalue weighted by atomic mass is 32.1. The largest absolute Gasteiger partial charge is 0.496 e. The number of nitrogens with zero attached hydrogens (tertiary/aromatic N) is 5. The Kier molecular flexibility index (Phi) is 5.57. The van der Waals surface area contributed by atoms with E-state index in [4.69, 9.17) is 9.47 Å². The number of ether oxygens (including phenoxy) is 2. The summed E-state index contributed by atoms with van der Waals surface area (Å²) in [6.07, 6.45) is 0. The van der Waals surface area contributed by atoms with Crippen molar-refractivity contribution in [1.29, 1.82) is 0 Å². The fraction of sp³-hybridized carbons (Fsp3) is 0.250. The smallest absolute Gasteiger partial charge is 0.263 e. The van der Waals surface area contributed by atoms with Gasteiger partial charge in [0.15, 0.2) is 11.5 Å². The second kappa shape index (κ2) is 8.46. The van der Waals surface area contributed by atoms with Gasteiger partial charge in [-0.2, -0.15) is 4.52 Å². The Hall–Kier alpha value is -3.53. The van der Waals surface area contributed by atoms with Crippen molar-refractivity contribution in [1.82, 2.24) is 30.1 Å². The second-order valence-corrected chi connectivity index (χ2v) is 7.62. The first-order chi connectivity index (χ1) is 14.6. The van der Waals surface area contributed by atoms with Crippen LogP contribution in [0.25, 0.3) is 17.0 Å². The lowest BCUT2D eigenvalue weighted by molar-refractivity contribution is 0.0949. The fourth-order valence-corrected chi connectivity index (χ4v) is 3.82. The van der Waals surface area contributed by atoms with Crippen LogP contribution in [-0.2, 0) is 0 Å². The van der Waals surface area contributed by atoms with Crippen molar-refractivity contribution in [3.05, 3.63) is 52.0 Å². The third-order valence-corrected chi connectivity index (χ3v) is 5.41. The molecule has 0 radical (unpaired) electrons. The van der Waals surface area contributed by atoms with Gasteiger partial charge >= 0.3 is 0 Å². The summed E-state index contributed by atoms with van der Waals surface area (Å²) in [5.41, 5.74) is 2.10. The zero-order chi connectivity index (χ0) is 21.1. The van der Waals surface area contributed by atoms with Gasteiger partial charge in [-0.25, -0.2) is 4.98 Å². The van der Waals surface area contributed by atoms with Crippen LogP contribution in [0.5, 0.6) is 11.6 Å². The molecule has 0 saturated heterocycles. The molecular formula is C20H20N6O3S. The summed E-state index contributed by atoms with van der Waals surface area (Å²) < 4.78 is 12.7. The molecule has 1 amide bonds. The molecule has 9 nitrogen and oxygen atoms in total. The first-order valence-electron chi connectivity index (χ1n) is 9.27. The Balaban J connectivity index is 1.44. The molecular weight excluding hydrogens is 404 g/mol. The monoisotopic (exact) mass is 424 g/mol. The van der Waals surface area contributed by atoms with E-state index in [-0.39, 0.29) is 12.5 Å². The maximum Gasteiger partial charge on any atom is 0.263 e. The zero-order valence-electron chi connectivity index (χ0n) is 16.7. The van der Waals surface area contributed by atoms with E-state index in [0.29, 0.717) is 34.5 Å². The Morgan fingerprint density at radius 2 is 2.00 bits per heavy atom. The average Bonchev–Trinajstić information content (AvgIpc) is 3.33. The van der Waals surface area contributed by atoms with Gasteiger partial charge in [0.2, 0.25) is 5.88 Å². The van der Waals surface area contributed by atoms with Crippen molar-refractivity contribution < 1.29 is 14.3 Å². The third-order valence-electron chi connectivity index (χ3n) is 4.33. The van der Waals surface area contributed by atoms with Crippen LogP contribution in [0.4, 0.5) is 0 Å². The number of thiazole rings is 1. The number of fused-ring (bicyclic) bond motifs is 1. The number of methoxy groups -OCH3 is 1. The average molecular weight is 424 g/mol. The fourth-order valence-electron chi connectivity index (χ4n) is 2.99. The van der Waals surface area contributed by atoms with Crippen LogP contribution in [0, 0.1) is 13.8 Å². The molecule has 3 heterocycles. The lowest BCUT2D eigenvalue weighted by atomic mass is 10.2. The van der Waals surface area contributed by atoms with Gasteiger partial charge < -0.3 is 14.8 Å². The molecule has 0 aliphatic carbocycles. The lowest BCUT2D eigenvalue weighted by Crippen LogP contribution is -2.28. The van der Waals surface area contributed by atoms with E-state index in [1.165, 1.54) is 11.3 Å². The quantitative estimate of drug-likeness (QED) is 0.455. The normalized spacial score (nSPS) is 10.9. The van der Waals surface area contributed by atoms with Gasteiger partial charge in [-0.15, -0.1) is 26.6 Å². The van der Waals surface area contributed by atoms with Crippen molar-refractivity contribution in [2.45, 2.75) is 13.8 Å². The number of nitrogens with one attached hydrogen (secondary N) is 1. The summed E-state index contributed by atoms with van der Waals surface area (Å²) in [6.45, 7) is 4.32. The molecule has 0 aliphatic heterocycles. The third kappa shape index (κ3) is 3.94. The van der Waals surface area contributed by atoms with Gasteiger partial charge in [0.25, 0.3) is 5.91 Å². The minimum absolute atomic E-state index is 0.151. The van der Waals surface area contributed by atoms with E-state index < -0.39 is 0 Å². The molecule has 0 aliphatic rings. The van der Waals surface area contributed by atoms with Crippen molar-refractivity contribution in [2.24, 2.45) is 0 Å². The summed E-state index contributed by atoms with van der Waals surface area (Å²) in [4.78, 5) is 17.1. The van der Waals surface area contributed by atoms with Crippen LogP contribution in [0.15, 0.2) is 36.4 Å². The first-order valence-corrected chi connectivity index (χ1v) is 10.1. The van der Waals surface area contributed by atoms with Gasteiger partial charge in [0, 0.05) is 6.07 Å². The van der Waals surface area contributed by atoms with Crippen LogP contribution < -0.4 is 14.8 Å². The van der Waals surface area contributed by atoms with Crippen LogP contribution in [0.3, 0.4) is 0 Å².